The van der Waals surface area contributed by atoms with Crippen molar-refractivity contribution >= 4 is 0 Å². The molecule has 0 unspecified atom stereocenters. The van der Waals surface area contributed by atoms with Crippen LogP contribution in [-0.2, 0) is 0 Å². The lowest BCUT2D eigenvalue weighted by Crippen LogP contribution is -2.55. The summed E-state index contributed by atoms with van der Waals surface area (Å²) in [5, 5.41) is 37.8. The van der Waals surface area contributed by atoms with Gasteiger partial charge in [0.1, 0.15) is 0 Å². The van der Waals surface area contributed by atoms with Gasteiger partial charge in [0.2, 0.25) is 0 Å². The highest BCUT2D eigenvalue weighted by Gasteiger charge is 2.48. The zero-order chi connectivity index (χ0) is 9.59. The van der Waals surface area contributed by atoms with Crippen LogP contribution >= 0.6 is 0 Å². The molecule has 4 N–H and O–H groups in total. The first-order valence-corrected chi connectivity index (χ1v) is 4.57. The lowest BCUT2D eigenvalue weighted by molar-refractivity contribution is -0.0907. The zero-order valence-corrected chi connectivity index (χ0v) is 7.24. The fourth-order valence-corrected chi connectivity index (χ4v) is 2.27. The Balaban J connectivity index is 2.14. The number of hydrogen-bond donors (Lipinski definition) is 4. The smallest absolute Gasteiger partial charge is 0.0992 e. The minimum absolute atomic E-state index is 0.385. The summed E-state index contributed by atoms with van der Waals surface area (Å²) in [7, 11) is 0. The molecule has 0 aliphatic carbocycles. The predicted molar refractivity (Wildman–Crippen MR) is 44.0 cm³/mol. The van der Waals surface area contributed by atoms with Crippen molar-refractivity contribution in [2.75, 3.05) is 13.1 Å². The zero-order valence-electron chi connectivity index (χ0n) is 7.24. The Morgan fingerprint density at radius 1 is 0.923 bits per heavy atom. The van der Waals surface area contributed by atoms with Crippen LogP contribution in [0.15, 0.2) is 0 Å². The predicted octanol–water partition coefficient (Wildman–Crippen LogP) is -2.48. The van der Waals surface area contributed by atoms with Crippen LogP contribution in [0.2, 0.25) is 0 Å². The summed E-state index contributed by atoms with van der Waals surface area (Å²) < 4.78 is 0. The van der Waals surface area contributed by atoms with Gasteiger partial charge in [-0.25, -0.2) is 0 Å². The van der Waals surface area contributed by atoms with Gasteiger partial charge in [-0.15, -0.1) is 0 Å². The number of rotatable bonds is 0. The number of nitrogens with zero attached hydrogens (tertiary/aromatic N) is 1. The lowest BCUT2D eigenvalue weighted by atomic mass is 9.94. The molecule has 0 amide bonds. The van der Waals surface area contributed by atoms with Crippen LogP contribution in [0.3, 0.4) is 0 Å². The maximum Gasteiger partial charge on any atom is 0.0992 e. The van der Waals surface area contributed by atoms with Crippen LogP contribution in [0.4, 0.5) is 0 Å². The van der Waals surface area contributed by atoms with Crippen molar-refractivity contribution in [3.63, 3.8) is 0 Å². The molecule has 2 fully saturated rings. The monoisotopic (exact) mass is 189 g/mol. The molecule has 0 aromatic heterocycles. The molecule has 0 radical (unpaired) electrons. The first-order valence-electron chi connectivity index (χ1n) is 4.57. The van der Waals surface area contributed by atoms with Crippen molar-refractivity contribution in [1.29, 1.82) is 0 Å². The first kappa shape index (κ1) is 9.36. The Labute approximate surface area is 76.2 Å². The normalized spacial score (nSPS) is 52.2. The van der Waals surface area contributed by atoms with Gasteiger partial charge in [-0.05, 0) is 6.42 Å². The Hall–Kier alpha value is -0.200. The minimum atomic E-state index is -0.944. The topological polar surface area (TPSA) is 84.2 Å². The van der Waals surface area contributed by atoms with Gasteiger partial charge in [-0.1, -0.05) is 0 Å². The molecule has 76 valence electrons. The summed E-state index contributed by atoms with van der Waals surface area (Å²) >= 11 is 0. The third-order valence-electron chi connectivity index (χ3n) is 3.04. The van der Waals surface area contributed by atoms with E-state index in [4.69, 9.17) is 0 Å². The summed E-state index contributed by atoms with van der Waals surface area (Å²) in [6.07, 6.45) is -2.96. The molecule has 0 aromatic carbocycles. The van der Waals surface area contributed by atoms with Crippen molar-refractivity contribution in [3.05, 3.63) is 0 Å². The van der Waals surface area contributed by atoms with Crippen molar-refractivity contribution in [3.8, 4) is 0 Å². The molecule has 0 bridgehead atoms. The van der Waals surface area contributed by atoms with Crippen LogP contribution in [0, 0.1) is 0 Å². The summed E-state index contributed by atoms with van der Waals surface area (Å²) in [4.78, 5) is 1.83. The van der Waals surface area contributed by atoms with E-state index in [1.54, 1.807) is 0 Å². The highest BCUT2D eigenvalue weighted by Crippen LogP contribution is 2.27. The number of fused-ring (bicyclic) bond motifs is 1. The largest absolute Gasteiger partial charge is 0.390 e. The Morgan fingerprint density at radius 3 is 2.23 bits per heavy atom. The Bertz CT molecular complexity index is 199. The molecule has 0 aromatic rings. The minimum Gasteiger partial charge on any atom is -0.390 e. The fraction of sp³-hybridized carbons (Fsp3) is 1.00. The molecule has 5 nitrogen and oxygen atoms in total. The molecule has 2 saturated heterocycles. The van der Waals surface area contributed by atoms with Gasteiger partial charge < -0.3 is 20.4 Å². The molecular weight excluding hydrogens is 174 g/mol. The van der Waals surface area contributed by atoms with E-state index in [1.165, 1.54) is 0 Å². The quantitative estimate of drug-likeness (QED) is 0.339. The number of hydrogen-bond acceptors (Lipinski definition) is 5. The summed E-state index contributed by atoms with van der Waals surface area (Å²) in [6, 6.07) is -0.501. The first-order chi connectivity index (χ1) is 6.11. The van der Waals surface area contributed by atoms with Crippen LogP contribution in [0.1, 0.15) is 6.42 Å². The second-order valence-electron chi connectivity index (χ2n) is 3.89. The van der Waals surface area contributed by atoms with Gasteiger partial charge >= 0.3 is 0 Å². The average Bonchev–Trinajstić information content (AvgIpc) is 2.37. The molecule has 5 heteroatoms. The van der Waals surface area contributed by atoms with E-state index in [0.29, 0.717) is 19.5 Å². The second-order valence-corrected chi connectivity index (χ2v) is 3.89. The van der Waals surface area contributed by atoms with Crippen LogP contribution in [0.25, 0.3) is 0 Å². The molecule has 2 aliphatic heterocycles. The molecule has 0 saturated carbocycles. The fourth-order valence-electron chi connectivity index (χ4n) is 2.27. The van der Waals surface area contributed by atoms with Gasteiger partial charge in [0, 0.05) is 13.1 Å². The van der Waals surface area contributed by atoms with Gasteiger partial charge in [0.25, 0.3) is 0 Å². The molecule has 5 atom stereocenters. The SMILES string of the molecule is O[C@@H]1[C@H]2[C@@H](O)[C@@H](O)CN2CC[C@@H]1O. The summed E-state index contributed by atoms with van der Waals surface area (Å²) in [5.74, 6) is 0. The molecule has 0 spiro atoms. The van der Waals surface area contributed by atoms with Gasteiger partial charge in [-0.3, -0.25) is 4.90 Å². The average molecular weight is 189 g/mol. The van der Waals surface area contributed by atoms with E-state index in [2.05, 4.69) is 0 Å². The Kier molecular flexibility index (Phi) is 2.29. The van der Waals surface area contributed by atoms with Gasteiger partial charge in [-0.2, -0.15) is 0 Å². The molecule has 2 rings (SSSR count). The summed E-state index contributed by atoms with van der Waals surface area (Å²) in [5.41, 5.74) is 0. The summed E-state index contributed by atoms with van der Waals surface area (Å²) in [6.45, 7) is 1.01. The lowest BCUT2D eigenvalue weighted by Gasteiger charge is -2.37. The molecule has 2 heterocycles. The van der Waals surface area contributed by atoms with E-state index in [9.17, 15) is 20.4 Å². The van der Waals surface area contributed by atoms with Crippen molar-refractivity contribution < 1.29 is 20.4 Å². The van der Waals surface area contributed by atoms with E-state index in [1.807, 2.05) is 4.90 Å². The molecule has 2 aliphatic rings. The number of aliphatic hydroxyl groups excluding tert-OH is 4. The van der Waals surface area contributed by atoms with Gasteiger partial charge in [0.05, 0.1) is 30.5 Å². The van der Waals surface area contributed by atoms with E-state index < -0.39 is 30.5 Å². The molecule has 13 heavy (non-hydrogen) atoms. The van der Waals surface area contributed by atoms with Crippen LogP contribution in [0.5, 0.6) is 0 Å². The standard InChI is InChI=1S/C8H15NO4/c10-4-1-2-9-3-5(11)8(13)6(9)7(4)12/h4-8,10-13H,1-3H2/t4-,5-,6-,7-,8-/m0/s1. The third kappa shape index (κ3) is 1.37. The highest BCUT2D eigenvalue weighted by molar-refractivity contribution is 5.02. The maximum absolute atomic E-state index is 9.57. The van der Waals surface area contributed by atoms with E-state index >= 15 is 0 Å². The van der Waals surface area contributed by atoms with Crippen molar-refractivity contribution in [2.45, 2.75) is 36.9 Å². The number of piperidine rings is 1. The second kappa shape index (κ2) is 3.18. The van der Waals surface area contributed by atoms with Crippen molar-refractivity contribution in [2.24, 2.45) is 0 Å². The third-order valence-corrected chi connectivity index (χ3v) is 3.04. The maximum atomic E-state index is 9.57. The highest BCUT2D eigenvalue weighted by atomic mass is 16.4. The number of aliphatic hydroxyl groups is 4. The van der Waals surface area contributed by atoms with Gasteiger partial charge in [0.15, 0.2) is 0 Å². The van der Waals surface area contributed by atoms with E-state index in [-0.39, 0.29) is 0 Å². The molecular formula is C8H15NO4. The Morgan fingerprint density at radius 2 is 1.54 bits per heavy atom. The van der Waals surface area contributed by atoms with Crippen molar-refractivity contribution in [1.82, 2.24) is 4.90 Å². The van der Waals surface area contributed by atoms with E-state index in [0.717, 1.165) is 0 Å². The van der Waals surface area contributed by atoms with Crippen LogP contribution < -0.4 is 0 Å². The van der Waals surface area contributed by atoms with Crippen LogP contribution in [-0.4, -0.2) is 68.9 Å².